The topological polar surface area (TPSA) is 145 Å². The third-order valence-electron chi connectivity index (χ3n) is 5.60. The highest BCUT2D eigenvalue weighted by Crippen LogP contribution is 2.52. The lowest BCUT2D eigenvalue weighted by atomic mass is 9.89. The van der Waals surface area contributed by atoms with Crippen molar-refractivity contribution in [1.82, 2.24) is 15.8 Å². The second-order valence-corrected chi connectivity index (χ2v) is 10.5. The maximum absolute atomic E-state index is 14.8. The Morgan fingerprint density at radius 1 is 1.26 bits per heavy atom. The first-order valence-electron chi connectivity index (χ1n) is 9.59. The Hall–Kier alpha value is -2.96. The van der Waals surface area contributed by atoms with E-state index in [1.165, 1.54) is 0 Å². The molecule has 1 aliphatic carbocycles. The van der Waals surface area contributed by atoms with Gasteiger partial charge in [0.2, 0.25) is 5.54 Å². The number of carbonyl (C=O) groups is 2. The molecule has 2 aliphatic rings. The molecule has 3 rings (SSSR count). The molecule has 190 valence electrons. The summed E-state index contributed by atoms with van der Waals surface area (Å²) in [6, 6.07) is 4.97. The van der Waals surface area contributed by atoms with E-state index < -0.39 is 55.4 Å². The molecular weight excluding hydrogens is 525 g/mol. The number of nitrogens with two attached hydrogens (primary N) is 1. The van der Waals surface area contributed by atoms with Crippen molar-refractivity contribution >= 4 is 38.9 Å². The van der Waals surface area contributed by atoms with Gasteiger partial charge in [-0.25, -0.2) is 13.8 Å². The molecule has 1 atom stereocenters. The van der Waals surface area contributed by atoms with Crippen LogP contribution in [0.1, 0.15) is 28.8 Å². The molecule has 1 unspecified atom stereocenters. The van der Waals surface area contributed by atoms with Gasteiger partial charge in [-0.2, -0.15) is 27.2 Å². The maximum atomic E-state index is 14.8. The van der Waals surface area contributed by atoms with Crippen molar-refractivity contribution in [1.29, 1.82) is 5.26 Å². The monoisotopic (exact) mass is 541 g/mol. The average Bonchev–Trinajstić information content (AvgIpc) is 3.40. The number of sulfone groups is 1. The van der Waals surface area contributed by atoms with Crippen molar-refractivity contribution in [2.24, 2.45) is 5.73 Å². The molecule has 2 amide bonds. The molecule has 0 aromatic heterocycles. The fraction of sp³-hybridized carbons (Fsp3) is 0.421. The fourth-order valence-corrected chi connectivity index (χ4v) is 5.37. The molecule has 0 bridgehead atoms. The highest BCUT2D eigenvalue weighted by atomic mass is 35.5. The van der Waals surface area contributed by atoms with E-state index in [1.54, 1.807) is 5.43 Å². The average molecular weight is 542 g/mol. The van der Waals surface area contributed by atoms with Gasteiger partial charge >= 0.3 is 12.1 Å². The number of rotatable bonds is 6. The molecule has 1 saturated carbocycles. The van der Waals surface area contributed by atoms with Gasteiger partial charge in [-0.3, -0.25) is 9.59 Å². The zero-order valence-electron chi connectivity index (χ0n) is 17.9. The third-order valence-corrected chi connectivity index (χ3v) is 7.17. The molecule has 1 aliphatic heterocycles. The van der Waals surface area contributed by atoms with Gasteiger partial charge in [0.15, 0.2) is 9.84 Å². The van der Waals surface area contributed by atoms with Crippen molar-refractivity contribution in [3.05, 3.63) is 39.3 Å². The van der Waals surface area contributed by atoms with E-state index in [0.29, 0.717) is 24.1 Å². The summed E-state index contributed by atoms with van der Waals surface area (Å²) >= 11 is 6.04. The molecule has 1 heterocycles. The van der Waals surface area contributed by atoms with Crippen LogP contribution >= 0.6 is 11.6 Å². The lowest BCUT2D eigenvalue weighted by Gasteiger charge is -2.37. The molecule has 0 saturated heterocycles. The van der Waals surface area contributed by atoms with Gasteiger partial charge in [0.1, 0.15) is 10.4 Å². The smallest absolute Gasteiger partial charge is 0.367 e. The molecule has 35 heavy (non-hydrogen) atoms. The molecule has 16 heteroatoms. The second-order valence-electron chi connectivity index (χ2n) is 8.15. The SMILES string of the molecule is CN1NC(C(N)=O)(C(F)(F)C(F)(F)F)C(S(C)(=O)=O)=C1c1ccc(Cl)c(C(=O)NC2(C#N)CC2)c1. The van der Waals surface area contributed by atoms with Crippen LogP contribution in [0.3, 0.4) is 0 Å². The van der Waals surface area contributed by atoms with Gasteiger partial charge < -0.3 is 16.1 Å². The number of carbonyl (C=O) groups excluding carboxylic acids is 2. The number of halogens is 6. The Bertz CT molecular complexity index is 1300. The normalized spacial score (nSPS) is 22.1. The number of hydrogen-bond acceptors (Lipinski definition) is 7. The third kappa shape index (κ3) is 4.09. The first kappa shape index (κ1) is 26.6. The van der Waals surface area contributed by atoms with Crippen LogP contribution in [0, 0.1) is 11.3 Å². The van der Waals surface area contributed by atoms with E-state index in [-0.39, 0.29) is 16.1 Å². The van der Waals surface area contributed by atoms with Crippen molar-refractivity contribution in [3.8, 4) is 6.07 Å². The lowest BCUT2D eigenvalue weighted by molar-refractivity contribution is -0.302. The summed E-state index contributed by atoms with van der Waals surface area (Å²) in [6.45, 7) is 0. The van der Waals surface area contributed by atoms with Crippen LogP contribution in [0.2, 0.25) is 5.02 Å². The van der Waals surface area contributed by atoms with Gasteiger partial charge in [0.05, 0.1) is 22.4 Å². The van der Waals surface area contributed by atoms with E-state index in [4.69, 9.17) is 22.6 Å². The van der Waals surface area contributed by atoms with Crippen molar-refractivity contribution in [2.75, 3.05) is 13.3 Å². The molecule has 4 N–H and O–H groups in total. The van der Waals surface area contributed by atoms with Crippen LogP contribution < -0.4 is 16.5 Å². The number of amides is 2. The predicted octanol–water partition coefficient (Wildman–Crippen LogP) is 1.71. The van der Waals surface area contributed by atoms with Gasteiger partial charge in [0, 0.05) is 18.9 Å². The van der Waals surface area contributed by atoms with Crippen LogP contribution in [0.5, 0.6) is 0 Å². The highest BCUT2D eigenvalue weighted by Gasteiger charge is 2.78. The number of nitrogens with one attached hydrogen (secondary N) is 2. The summed E-state index contributed by atoms with van der Waals surface area (Å²) in [5, 5.41) is 11.9. The molecule has 0 spiro atoms. The van der Waals surface area contributed by atoms with Gasteiger partial charge in [-0.05, 0) is 25.0 Å². The second kappa shape index (κ2) is 8.04. The predicted molar refractivity (Wildman–Crippen MR) is 112 cm³/mol. The number of alkyl halides is 5. The zero-order valence-corrected chi connectivity index (χ0v) is 19.5. The molecule has 1 aromatic carbocycles. The van der Waals surface area contributed by atoms with Crippen LogP contribution in [0.4, 0.5) is 22.0 Å². The van der Waals surface area contributed by atoms with Crippen LogP contribution in [-0.2, 0) is 14.6 Å². The minimum atomic E-state index is -6.39. The maximum Gasteiger partial charge on any atom is 0.456 e. The number of nitriles is 1. The van der Waals surface area contributed by atoms with Crippen molar-refractivity contribution in [3.63, 3.8) is 0 Å². The molecule has 0 radical (unpaired) electrons. The largest absolute Gasteiger partial charge is 0.456 e. The van der Waals surface area contributed by atoms with Crippen molar-refractivity contribution in [2.45, 2.75) is 36.0 Å². The fourth-order valence-electron chi connectivity index (χ4n) is 3.73. The summed E-state index contributed by atoms with van der Waals surface area (Å²) < 4.78 is 94.9. The number of benzene rings is 1. The summed E-state index contributed by atoms with van der Waals surface area (Å²) in [5.41, 5.74) is -0.247. The first-order chi connectivity index (χ1) is 15.8. The summed E-state index contributed by atoms with van der Waals surface area (Å²) in [7, 11) is -4.09. The van der Waals surface area contributed by atoms with Crippen LogP contribution in [0.15, 0.2) is 23.1 Å². The zero-order chi connectivity index (χ0) is 26.8. The Balaban J connectivity index is 2.31. The number of primary amides is 1. The van der Waals surface area contributed by atoms with E-state index in [2.05, 4.69) is 5.32 Å². The Morgan fingerprint density at radius 2 is 1.83 bits per heavy atom. The number of nitrogens with zero attached hydrogens (tertiary/aromatic N) is 2. The Kier molecular flexibility index (Phi) is 6.12. The Morgan fingerprint density at radius 3 is 2.26 bits per heavy atom. The van der Waals surface area contributed by atoms with Gasteiger partial charge in [0.25, 0.3) is 11.8 Å². The lowest BCUT2D eigenvalue weighted by Crippen LogP contribution is -2.71. The van der Waals surface area contributed by atoms with Crippen LogP contribution in [0.25, 0.3) is 5.70 Å². The minimum Gasteiger partial charge on any atom is -0.367 e. The number of hydrogen-bond donors (Lipinski definition) is 3. The van der Waals surface area contributed by atoms with E-state index in [9.17, 15) is 40.0 Å². The molecule has 1 fully saturated rings. The van der Waals surface area contributed by atoms with E-state index in [0.717, 1.165) is 25.2 Å². The summed E-state index contributed by atoms with van der Waals surface area (Å²) in [6.07, 6.45) is -5.34. The van der Waals surface area contributed by atoms with E-state index in [1.807, 2.05) is 6.07 Å². The standard InChI is InChI=1S/C19H17ClF5N5O4S/c1-30-12(9-3-4-11(20)10(7-9)14(31)28-16(8-26)5-6-16)13(35(2,33)34)17(29-30,15(27)32)18(21,22)19(23,24)25/h3-4,7,29H,5-6H2,1-2H3,(H2,27,32)(H,28,31). The molecule has 9 nitrogen and oxygen atoms in total. The van der Waals surface area contributed by atoms with Crippen LogP contribution in [-0.4, -0.2) is 61.7 Å². The summed E-state index contributed by atoms with van der Waals surface area (Å²) in [5.74, 6) is -9.15. The van der Waals surface area contributed by atoms with E-state index >= 15 is 0 Å². The van der Waals surface area contributed by atoms with Gasteiger partial charge in [-0.15, -0.1) is 0 Å². The summed E-state index contributed by atoms with van der Waals surface area (Å²) in [4.78, 5) is 23.2. The van der Waals surface area contributed by atoms with Crippen molar-refractivity contribution < 1.29 is 40.0 Å². The highest BCUT2D eigenvalue weighted by molar-refractivity contribution is 7.95. The number of hydrazine groups is 1. The molecular formula is C19H17ClF5N5O4S. The first-order valence-corrected chi connectivity index (χ1v) is 11.9. The minimum absolute atomic E-state index is 0.183. The van der Waals surface area contributed by atoms with Gasteiger partial charge in [-0.1, -0.05) is 17.7 Å². The molecule has 1 aromatic rings. The quantitative estimate of drug-likeness (QED) is 0.465. The Labute approximate surface area is 200 Å².